The molecule has 2 aliphatic carbocycles. The zero-order valence-corrected chi connectivity index (χ0v) is 28.1. The first kappa shape index (κ1) is 37.2. The molecule has 1 heterocycles. The van der Waals surface area contributed by atoms with Gasteiger partial charge in [-0.2, -0.15) is 0 Å². The zero-order valence-electron chi connectivity index (χ0n) is 28.1. The number of nitrogens with one attached hydrogen (secondary N) is 3. The van der Waals surface area contributed by atoms with Gasteiger partial charge in [-0.1, -0.05) is 44.2 Å². The maximum atomic E-state index is 12.5. The molecule has 0 aromatic heterocycles. The number of Topliss-reactive ketones (excluding diaryl/α,β-unsaturated/α-hetero) is 1. The number of carbonyl (C=O) groups excluding carboxylic acids is 6. The molecule has 3 aliphatic rings. The number of benzene rings is 1. The molecular weight excluding hydrogens is 616 g/mol. The minimum Gasteiger partial charge on any atom is -0.379 e. The van der Waals surface area contributed by atoms with Crippen LogP contribution >= 0.6 is 0 Å². The van der Waals surface area contributed by atoms with E-state index in [1.807, 2.05) is 12.1 Å². The van der Waals surface area contributed by atoms with Crippen molar-refractivity contribution in [1.82, 2.24) is 15.5 Å². The highest BCUT2D eigenvalue weighted by molar-refractivity contribution is 6.03. The largest absolute Gasteiger partial charge is 0.379 e. The highest BCUT2D eigenvalue weighted by Gasteiger charge is 2.40. The van der Waals surface area contributed by atoms with Crippen LogP contribution in [0.2, 0.25) is 0 Å². The molecule has 12 nitrogen and oxygen atoms in total. The molecule has 3 fully saturated rings. The summed E-state index contributed by atoms with van der Waals surface area (Å²) in [5, 5.41) is 8.41. The number of nitrogens with zero attached hydrogens (tertiary/aromatic N) is 1. The summed E-state index contributed by atoms with van der Waals surface area (Å²) in [5.41, 5.74) is 1.64. The smallest absolute Gasteiger partial charge is 0.232 e. The molecule has 1 aromatic rings. The van der Waals surface area contributed by atoms with Crippen molar-refractivity contribution in [2.24, 2.45) is 17.8 Å². The molecule has 48 heavy (non-hydrogen) atoms. The molecule has 1 saturated heterocycles. The monoisotopic (exact) mass is 668 g/mol. The Hall–Kier alpha value is -3.64. The number of hydrogen-bond acceptors (Lipinski definition) is 8. The Labute approximate surface area is 283 Å². The first-order valence-electron chi connectivity index (χ1n) is 17.7. The third-order valence-corrected chi connectivity index (χ3v) is 9.54. The second kappa shape index (κ2) is 20.0. The predicted molar refractivity (Wildman–Crippen MR) is 179 cm³/mol. The lowest BCUT2D eigenvalue weighted by Gasteiger charge is -2.27. The number of likely N-dealkylation sites (tertiary alicyclic amines) is 1. The van der Waals surface area contributed by atoms with E-state index in [0.29, 0.717) is 63.8 Å². The molecule has 5 amide bonds. The summed E-state index contributed by atoms with van der Waals surface area (Å²) in [5.74, 6) is -0.00586. The average Bonchev–Trinajstić information content (AvgIpc) is 3.68. The van der Waals surface area contributed by atoms with Gasteiger partial charge in [0.2, 0.25) is 29.5 Å². The minimum atomic E-state index is -0.235. The standard InChI is InChI=1S/C36H52N4O8/c41-31(28-6-1-2-7-28)14-17-37-32(42)13-10-26-8-11-30(12-9-26)39-34(44)16-20-47-22-23-48-21-18-38-33(43)15-19-40-35(45)25-29(36(40)46)24-27-4-3-5-27/h8-9,11-12,27-29H,1-7,10,13-25H2,(H,37,42)(H,38,43)(H,39,44). The zero-order chi connectivity index (χ0) is 34.1. The Morgan fingerprint density at radius 2 is 1.42 bits per heavy atom. The molecule has 1 atom stereocenters. The minimum absolute atomic E-state index is 0.0711. The van der Waals surface area contributed by atoms with E-state index in [4.69, 9.17) is 9.47 Å². The van der Waals surface area contributed by atoms with E-state index < -0.39 is 0 Å². The molecule has 1 aliphatic heterocycles. The third-order valence-electron chi connectivity index (χ3n) is 9.54. The van der Waals surface area contributed by atoms with E-state index in [1.165, 1.54) is 11.3 Å². The van der Waals surface area contributed by atoms with Crippen LogP contribution in [0.4, 0.5) is 5.69 Å². The topological polar surface area (TPSA) is 160 Å². The van der Waals surface area contributed by atoms with Gasteiger partial charge in [-0.05, 0) is 49.3 Å². The lowest BCUT2D eigenvalue weighted by molar-refractivity contribution is -0.140. The Kier molecular flexibility index (Phi) is 15.5. The predicted octanol–water partition coefficient (Wildman–Crippen LogP) is 3.32. The summed E-state index contributed by atoms with van der Waals surface area (Å²) in [4.78, 5) is 74.7. The molecule has 0 bridgehead atoms. The number of aryl methyl sites for hydroxylation is 1. The highest BCUT2D eigenvalue weighted by Crippen LogP contribution is 2.36. The van der Waals surface area contributed by atoms with Gasteiger partial charge in [0.1, 0.15) is 5.78 Å². The Bertz CT molecular complexity index is 1240. The number of imide groups is 1. The average molecular weight is 669 g/mol. The first-order valence-corrected chi connectivity index (χ1v) is 17.7. The molecule has 4 rings (SSSR count). The number of rotatable bonds is 22. The van der Waals surface area contributed by atoms with Crippen LogP contribution in [-0.4, -0.2) is 86.3 Å². The molecule has 3 N–H and O–H groups in total. The lowest BCUT2D eigenvalue weighted by atomic mass is 9.78. The van der Waals surface area contributed by atoms with Crippen LogP contribution < -0.4 is 16.0 Å². The van der Waals surface area contributed by atoms with Gasteiger partial charge in [0, 0.05) is 62.8 Å². The summed E-state index contributed by atoms with van der Waals surface area (Å²) in [7, 11) is 0. The van der Waals surface area contributed by atoms with Gasteiger partial charge in [0.25, 0.3) is 0 Å². The van der Waals surface area contributed by atoms with Gasteiger partial charge >= 0.3 is 0 Å². The molecule has 0 spiro atoms. The summed E-state index contributed by atoms with van der Waals surface area (Å²) in [6, 6.07) is 7.36. The second-order valence-electron chi connectivity index (χ2n) is 13.2. The van der Waals surface area contributed by atoms with Gasteiger partial charge in [0.15, 0.2) is 0 Å². The number of ether oxygens (including phenoxy) is 2. The number of anilines is 1. The molecule has 0 radical (unpaired) electrons. The first-order chi connectivity index (χ1) is 23.3. The Morgan fingerprint density at radius 3 is 2.12 bits per heavy atom. The van der Waals surface area contributed by atoms with Crippen molar-refractivity contribution in [3.8, 4) is 0 Å². The van der Waals surface area contributed by atoms with Gasteiger partial charge in [-0.15, -0.1) is 0 Å². The van der Waals surface area contributed by atoms with E-state index in [2.05, 4.69) is 16.0 Å². The third kappa shape index (κ3) is 12.8. The highest BCUT2D eigenvalue weighted by atomic mass is 16.5. The fourth-order valence-corrected chi connectivity index (χ4v) is 6.45. The maximum absolute atomic E-state index is 12.5. The van der Waals surface area contributed by atoms with Crippen molar-refractivity contribution in [1.29, 1.82) is 0 Å². The van der Waals surface area contributed by atoms with Gasteiger partial charge in [-0.25, -0.2) is 0 Å². The van der Waals surface area contributed by atoms with Crippen molar-refractivity contribution < 1.29 is 38.2 Å². The van der Waals surface area contributed by atoms with Gasteiger partial charge < -0.3 is 25.4 Å². The van der Waals surface area contributed by atoms with Crippen molar-refractivity contribution in [2.45, 2.75) is 89.9 Å². The van der Waals surface area contributed by atoms with Crippen molar-refractivity contribution in [2.75, 3.05) is 51.4 Å². The summed E-state index contributed by atoms with van der Waals surface area (Å²) < 4.78 is 10.9. The maximum Gasteiger partial charge on any atom is 0.232 e. The molecule has 12 heteroatoms. The van der Waals surface area contributed by atoms with Gasteiger partial charge in [0.05, 0.1) is 32.8 Å². The fraction of sp³-hybridized carbons (Fsp3) is 0.667. The van der Waals surface area contributed by atoms with Crippen molar-refractivity contribution in [3.05, 3.63) is 29.8 Å². The molecular formula is C36H52N4O8. The van der Waals surface area contributed by atoms with E-state index >= 15 is 0 Å². The molecule has 1 unspecified atom stereocenters. The lowest BCUT2D eigenvalue weighted by Crippen LogP contribution is -2.36. The number of carbonyl (C=O) groups is 6. The Morgan fingerprint density at radius 1 is 0.729 bits per heavy atom. The van der Waals surface area contributed by atoms with Crippen LogP contribution in [0.5, 0.6) is 0 Å². The molecule has 2 saturated carbocycles. The quantitative estimate of drug-likeness (QED) is 0.125. The SMILES string of the molecule is O=C(CCc1ccc(NC(=O)CCOCCOCCNC(=O)CCN2C(=O)CC(CC3CCC3)C2=O)cc1)NCCC(=O)C1CCCC1. The Balaban J connectivity index is 0.945. The van der Waals surface area contributed by atoms with E-state index in [1.54, 1.807) is 12.1 Å². The summed E-state index contributed by atoms with van der Waals surface area (Å²) >= 11 is 0. The second-order valence-corrected chi connectivity index (χ2v) is 13.2. The van der Waals surface area contributed by atoms with Gasteiger partial charge in [-0.3, -0.25) is 33.7 Å². The van der Waals surface area contributed by atoms with Crippen LogP contribution in [0.3, 0.4) is 0 Å². The van der Waals surface area contributed by atoms with Crippen LogP contribution in [0.1, 0.15) is 89.0 Å². The van der Waals surface area contributed by atoms with E-state index in [9.17, 15) is 28.8 Å². The summed E-state index contributed by atoms with van der Waals surface area (Å²) in [6.07, 6.45) is 10.3. The van der Waals surface area contributed by atoms with E-state index in [-0.39, 0.29) is 79.6 Å². The number of amides is 5. The van der Waals surface area contributed by atoms with Crippen LogP contribution in [0, 0.1) is 17.8 Å². The normalized spacial score (nSPS) is 18.2. The molecule has 1 aromatic carbocycles. The summed E-state index contributed by atoms with van der Waals surface area (Å²) in [6.45, 7) is 1.97. The van der Waals surface area contributed by atoms with E-state index in [0.717, 1.165) is 50.5 Å². The van der Waals surface area contributed by atoms with Crippen LogP contribution in [0.15, 0.2) is 24.3 Å². The van der Waals surface area contributed by atoms with Crippen LogP contribution in [-0.2, 0) is 44.7 Å². The number of ketones is 1. The molecule has 264 valence electrons. The van der Waals surface area contributed by atoms with Crippen molar-refractivity contribution >= 4 is 41.0 Å². The van der Waals surface area contributed by atoms with Crippen LogP contribution in [0.25, 0.3) is 0 Å². The fourth-order valence-electron chi connectivity index (χ4n) is 6.45. The number of hydrogen-bond donors (Lipinski definition) is 3. The van der Waals surface area contributed by atoms with Crippen molar-refractivity contribution in [3.63, 3.8) is 0 Å².